The summed E-state index contributed by atoms with van der Waals surface area (Å²) in [6.45, 7) is 35.5. The maximum Gasteiger partial charge on any atom is 0.342 e. The Balaban J connectivity index is 6.66. The van der Waals surface area contributed by atoms with E-state index in [2.05, 4.69) is 37.0 Å². The molecule has 0 amide bonds. The smallest absolute Gasteiger partial charge is 0.342 e. The molecule has 0 saturated carbocycles. The van der Waals surface area contributed by atoms with Gasteiger partial charge in [-0.2, -0.15) is 0 Å². The van der Waals surface area contributed by atoms with E-state index < -0.39 is 75.6 Å². The molecule has 0 aromatic rings. The Morgan fingerprint density at radius 3 is 0.818 bits per heavy atom. The highest BCUT2D eigenvalue weighted by Gasteiger charge is 2.39. The zero-order valence-corrected chi connectivity index (χ0v) is 55.0. The Bertz CT molecular complexity index is 1430. The number of hydrogen-bond acceptors (Lipinski definition) is 20. The zero-order chi connectivity index (χ0) is 59.5. The van der Waals surface area contributed by atoms with Gasteiger partial charge in [-0.05, 0) is 138 Å². The molecule has 16 atom stereocenters. The van der Waals surface area contributed by atoms with E-state index in [0.29, 0.717) is 0 Å². The third-order valence-corrected chi connectivity index (χ3v) is 11.5. The van der Waals surface area contributed by atoms with Crippen LogP contribution in [-0.2, 0) is 95.0 Å². The van der Waals surface area contributed by atoms with Gasteiger partial charge in [-0.25, -0.2) is 19.2 Å². The molecule has 0 aliphatic heterocycles. The van der Waals surface area contributed by atoms with Gasteiger partial charge in [0.2, 0.25) is 0 Å². The molecule has 77 heavy (non-hydrogen) atoms. The fourth-order valence-electron chi connectivity index (χ4n) is 7.41. The standard InChI is InChI=1S/C53H104O20P4/c1-33(2)66-35(5)25-64-47(56)51(19,76)72-41(11)23-60-31-53(29-58-21-39(9)70-49(15,16)45(54)62-27-37(7)68-43(13)74,30-59-22-40(10)71-50(17,18)46(55)63-28-38(8)69-44(14)75)32-61-24-42(12)73-52(20,77)48(57)65-26-36(6)67-34(3)4/h33-44H,21-32,74-77H2,1-20H3. The molecule has 0 fully saturated rings. The molecule has 0 aromatic carbocycles. The average molecular weight is 1190 g/mol. The molecular weight excluding hydrogens is 1080 g/mol. The summed E-state index contributed by atoms with van der Waals surface area (Å²) in [5, 5.41) is -2.82. The maximum absolute atomic E-state index is 13.2. The fourth-order valence-corrected chi connectivity index (χ4v) is 8.58. The summed E-state index contributed by atoms with van der Waals surface area (Å²) >= 11 is 0. The van der Waals surface area contributed by atoms with Crippen LogP contribution in [0.4, 0.5) is 0 Å². The molecule has 456 valence electrons. The Labute approximate surface area is 471 Å². The highest BCUT2D eigenvalue weighted by molar-refractivity contribution is 7.20. The normalized spacial score (nSPS) is 18.8. The van der Waals surface area contributed by atoms with Crippen molar-refractivity contribution in [2.24, 2.45) is 5.41 Å². The SMILES string of the molecule is CC(C)OC(C)COC(=O)C(C)(P)OC(C)COCC(COCC(C)OC(C)(C)C(=O)OCC(C)OC(C)P)(COCC(C)OC(C)(C)C(=O)OCC(C)OC(C)P)COCC(C)OC(C)(P)C(=O)OCC(C)OC(C)C. The van der Waals surface area contributed by atoms with Crippen LogP contribution in [-0.4, -0.2) is 198 Å². The van der Waals surface area contributed by atoms with E-state index in [1.165, 1.54) is 0 Å². The molecule has 24 heteroatoms. The summed E-state index contributed by atoms with van der Waals surface area (Å²) in [7, 11) is 9.90. The number of carbonyl (C=O) groups is 4. The van der Waals surface area contributed by atoms with E-state index in [-0.39, 0.29) is 128 Å². The molecule has 0 heterocycles. The number of rotatable bonds is 44. The van der Waals surface area contributed by atoms with Crippen molar-refractivity contribution in [2.45, 2.75) is 233 Å². The summed E-state index contributed by atoms with van der Waals surface area (Å²) in [6, 6.07) is 0. The average Bonchev–Trinajstić information content (AvgIpc) is 3.26. The van der Waals surface area contributed by atoms with E-state index in [1.54, 1.807) is 69.2 Å². The zero-order valence-electron chi connectivity index (χ0n) is 50.4. The van der Waals surface area contributed by atoms with Gasteiger partial charge in [0.1, 0.15) is 26.4 Å². The third-order valence-electron chi connectivity index (χ3n) is 10.4. The van der Waals surface area contributed by atoms with Crippen molar-refractivity contribution in [3.63, 3.8) is 0 Å². The van der Waals surface area contributed by atoms with E-state index in [9.17, 15) is 19.2 Å². The predicted molar refractivity (Wildman–Crippen MR) is 307 cm³/mol. The molecule has 0 aromatic heterocycles. The van der Waals surface area contributed by atoms with Crippen LogP contribution < -0.4 is 0 Å². The molecule has 0 aliphatic carbocycles. The van der Waals surface area contributed by atoms with Gasteiger partial charge in [-0.3, -0.25) is 0 Å². The molecule has 0 aliphatic rings. The van der Waals surface area contributed by atoms with Crippen LogP contribution >= 0.6 is 37.0 Å². The van der Waals surface area contributed by atoms with Crippen molar-refractivity contribution in [2.75, 3.05) is 79.3 Å². The quantitative estimate of drug-likeness (QED) is 0.0329. The van der Waals surface area contributed by atoms with Gasteiger partial charge in [0, 0.05) is 0 Å². The first-order valence-corrected chi connectivity index (χ1v) is 29.2. The highest BCUT2D eigenvalue weighted by Crippen LogP contribution is 2.28. The lowest BCUT2D eigenvalue weighted by Gasteiger charge is -2.36. The Morgan fingerprint density at radius 1 is 0.338 bits per heavy atom. The fraction of sp³-hybridized carbons (Fsp3) is 0.925. The van der Waals surface area contributed by atoms with Crippen molar-refractivity contribution in [1.82, 2.24) is 0 Å². The topological polar surface area (TPSA) is 216 Å². The van der Waals surface area contributed by atoms with Crippen LogP contribution in [0.25, 0.3) is 0 Å². The second kappa shape index (κ2) is 37.3. The molecule has 0 saturated heterocycles. The molecule has 0 rings (SSSR count). The Hall–Kier alpha value is -0.880. The lowest BCUT2D eigenvalue weighted by molar-refractivity contribution is -0.186. The van der Waals surface area contributed by atoms with Crippen molar-refractivity contribution in [3.8, 4) is 0 Å². The van der Waals surface area contributed by atoms with Crippen LogP contribution in [0.3, 0.4) is 0 Å². The number of ether oxygens (including phenoxy) is 16. The van der Waals surface area contributed by atoms with Crippen LogP contribution in [0.5, 0.6) is 0 Å². The summed E-state index contributed by atoms with van der Waals surface area (Å²) < 4.78 is 95.1. The number of esters is 4. The number of hydrogen-bond donors (Lipinski definition) is 0. The van der Waals surface area contributed by atoms with E-state index in [1.807, 2.05) is 69.2 Å². The van der Waals surface area contributed by atoms with Gasteiger partial charge in [-0.15, -0.1) is 18.5 Å². The predicted octanol–water partition coefficient (Wildman–Crippen LogP) is 7.45. The first-order chi connectivity index (χ1) is 35.3. The van der Waals surface area contributed by atoms with Gasteiger partial charge in [0.15, 0.2) is 21.9 Å². The van der Waals surface area contributed by atoms with Gasteiger partial charge in [-0.1, -0.05) is 18.5 Å². The molecule has 0 bridgehead atoms. The van der Waals surface area contributed by atoms with Gasteiger partial charge >= 0.3 is 23.9 Å². The summed E-state index contributed by atoms with van der Waals surface area (Å²) in [5.74, 6) is -2.56. The molecule has 20 nitrogen and oxygen atoms in total. The van der Waals surface area contributed by atoms with E-state index in [4.69, 9.17) is 75.8 Å². The first-order valence-electron chi connectivity index (χ1n) is 26.7. The summed E-state index contributed by atoms with van der Waals surface area (Å²) in [4.78, 5) is 52.7. The van der Waals surface area contributed by atoms with Crippen LogP contribution in [0.1, 0.15) is 138 Å². The molecule has 16 unspecified atom stereocenters. The highest BCUT2D eigenvalue weighted by atomic mass is 31.0. The van der Waals surface area contributed by atoms with Crippen molar-refractivity contribution < 1.29 is 95.0 Å². The second-order valence-electron chi connectivity index (χ2n) is 22.2. The third kappa shape index (κ3) is 35.0. The molecular formula is C53H104O20P4. The van der Waals surface area contributed by atoms with Gasteiger partial charge in [0.25, 0.3) is 0 Å². The second-order valence-corrected chi connectivity index (χ2v) is 26.3. The van der Waals surface area contributed by atoms with Gasteiger partial charge < -0.3 is 75.8 Å². The van der Waals surface area contributed by atoms with Gasteiger partial charge in [0.05, 0.1) is 131 Å². The first kappa shape index (κ1) is 76.1. The van der Waals surface area contributed by atoms with E-state index >= 15 is 0 Å². The lowest BCUT2D eigenvalue weighted by atomic mass is 9.92. The van der Waals surface area contributed by atoms with Crippen LogP contribution in [0.15, 0.2) is 0 Å². The summed E-state index contributed by atoms with van der Waals surface area (Å²) in [6.07, 6.45) is -3.82. The van der Waals surface area contributed by atoms with Crippen molar-refractivity contribution in [3.05, 3.63) is 0 Å². The molecule has 0 radical (unpaired) electrons. The Morgan fingerprint density at radius 2 is 0.571 bits per heavy atom. The monoisotopic (exact) mass is 1180 g/mol. The lowest BCUT2D eigenvalue weighted by Crippen LogP contribution is -2.46. The van der Waals surface area contributed by atoms with Crippen LogP contribution in [0, 0.1) is 5.41 Å². The minimum atomic E-state index is -1.41. The minimum Gasteiger partial charge on any atom is -0.461 e. The maximum atomic E-state index is 13.2. The minimum absolute atomic E-state index is 0.0186. The molecule has 0 N–H and O–H groups in total. The van der Waals surface area contributed by atoms with E-state index in [0.717, 1.165) is 0 Å². The molecule has 0 spiro atoms. The number of carbonyl (C=O) groups excluding carboxylic acids is 4. The Kier molecular flexibility index (Phi) is 36.9. The van der Waals surface area contributed by atoms with Crippen molar-refractivity contribution >= 4 is 60.8 Å². The summed E-state index contributed by atoms with van der Waals surface area (Å²) in [5.41, 5.74) is -3.73. The largest absolute Gasteiger partial charge is 0.461 e. The van der Waals surface area contributed by atoms with Crippen LogP contribution in [0.2, 0.25) is 0 Å². The van der Waals surface area contributed by atoms with Crippen molar-refractivity contribution in [1.29, 1.82) is 0 Å².